The zero-order chi connectivity index (χ0) is 14.4. The number of benzene rings is 2. The highest BCUT2D eigenvalue weighted by molar-refractivity contribution is 5.91. The number of oxime groups is 1. The van der Waals surface area contributed by atoms with E-state index in [9.17, 15) is 0 Å². The number of hydrogen-bond donors (Lipinski definition) is 0. The molecule has 20 heavy (non-hydrogen) atoms. The predicted molar refractivity (Wildman–Crippen MR) is 82.2 cm³/mol. The van der Waals surface area contributed by atoms with Gasteiger partial charge in [0.1, 0.15) is 11.9 Å². The molecule has 0 amide bonds. The van der Waals surface area contributed by atoms with E-state index in [-0.39, 0.29) is 6.10 Å². The Kier molecular flexibility index (Phi) is 4.77. The monoisotopic (exact) mass is 269 g/mol. The van der Waals surface area contributed by atoms with Crippen molar-refractivity contribution in [2.45, 2.75) is 20.0 Å². The first-order valence-electron chi connectivity index (χ1n) is 6.64. The van der Waals surface area contributed by atoms with Crippen molar-refractivity contribution >= 4 is 6.21 Å². The van der Waals surface area contributed by atoms with Gasteiger partial charge in [-0.25, -0.2) is 0 Å². The Bertz CT molecular complexity index is 591. The highest BCUT2D eigenvalue weighted by atomic mass is 16.6. The lowest BCUT2D eigenvalue weighted by Crippen LogP contribution is -1.97. The Morgan fingerprint density at radius 3 is 2.30 bits per heavy atom. The van der Waals surface area contributed by atoms with Gasteiger partial charge >= 0.3 is 0 Å². The first kappa shape index (κ1) is 14.1. The Morgan fingerprint density at radius 1 is 0.950 bits per heavy atom. The molecule has 2 aromatic carbocycles. The average Bonchev–Trinajstić information content (AvgIpc) is 2.47. The van der Waals surface area contributed by atoms with Crippen LogP contribution in [0.3, 0.4) is 0 Å². The molecule has 3 nitrogen and oxygen atoms in total. The molecular formula is C17H19NO2. The Labute approximate surface area is 119 Å². The predicted octanol–water partition coefficient (Wildman–Crippen LogP) is 4.12. The SMILES string of the molecule is COc1ccccc1-c1ccccc1C=NOC(C)C. The lowest BCUT2D eigenvalue weighted by Gasteiger charge is -2.10. The fourth-order valence-corrected chi connectivity index (χ4v) is 1.93. The molecule has 0 heterocycles. The summed E-state index contributed by atoms with van der Waals surface area (Å²) < 4.78 is 5.42. The molecule has 0 saturated heterocycles. The standard InChI is InChI=1S/C17H19NO2/c1-13(2)20-18-12-14-8-4-5-9-15(14)16-10-6-7-11-17(16)19-3/h4-13H,1-3H3. The van der Waals surface area contributed by atoms with E-state index in [1.807, 2.05) is 56.3 Å². The normalized spacial score (nSPS) is 11.0. The molecule has 2 rings (SSSR count). The highest BCUT2D eigenvalue weighted by Crippen LogP contribution is 2.31. The fraction of sp³-hybridized carbons (Fsp3) is 0.235. The van der Waals surface area contributed by atoms with Crippen molar-refractivity contribution in [1.82, 2.24) is 0 Å². The largest absolute Gasteiger partial charge is 0.496 e. The van der Waals surface area contributed by atoms with Crippen LogP contribution in [-0.2, 0) is 4.84 Å². The van der Waals surface area contributed by atoms with Crippen molar-refractivity contribution in [1.29, 1.82) is 0 Å². The van der Waals surface area contributed by atoms with Gasteiger partial charge in [0, 0.05) is 11.1 Å². The second-order valence-electron chi connectivity index (χ2n) is 4.68. The fourth-order valence-electron chi connectivity index (χ4n) is 1.93. The van der Waals surface area contributed by atoms with Crippen molar-refractivity contribution in [2.75, 3.05) is 7.11 Å². The third kappa shape index (κ3) is 3.38. The van der Waals surface area contributed by atoms with Gasteiger partial charge < -0.3 is 9.57 Å². The number of ether oxygens (including phenoxy) is 1. The molecule has 3 heteroatoms. The minimum Gasteiger partial charge on any atom is -0.496 e. The first-order valence-corrected chi connectivity index (χ1v) is 6.64. The van der Waals surface area contributed by atoms with Gasteiger partial charge in [0.05, 0.1) is 13.3 Å². The molecule has 0 fully saturated rings. The van der Waals surface area contributed by atoms with Gasteiger partial charge in [-0.05, 0) is 25.5 Å². The van der Waals surface area contributed by atoms with Gasteiger partial charge in [0.2, 0.25) is 0 Å². The first-order chi connectivity index (χ1) is 9.72. The molecule has 0 aliphatic rings. The zero-order valence-electron chi connectivity index (χ0n) is 12.0. The molecule has 0 aliphatic heterocycles. The lowest BCUT2D eigenvalue weighted by molar-refractivity contribution is 0.0874. The molecule has 0 spiro atoms. The minimum atomic E-state index is 0.0738. The second kappa shape index (κ2) is 6.75. The van der Waals surface area contributed by atoms with Crippen LogP contribution in [0.25, 0.3) is 11.1 Å². The number of para-hydroxylation sites is 1. The summed E-state index contributed by atoms with van der Waals surface area (Å²) in [6.07, 6.45) is 1.81. The number of hydrogen-bond acceptors (Lipinski definition) is 3. The Morgan fingerprint density at radius 2 is 1.60 bits per heavy atom. The van der Waals surface area contributed by atoms with Crippen LogP contribution >= 0.6 is 0 Å². The summed E-state index contributed by atoms with van der Waals surface area (Å²) in [6.45, 7) is 3.90. The molecule has 0 aliphatic carbocycles. The second-order valence-corrected chi connectivity index (χ2v) is 4.68. The molecule has 0 bridgehead atoms. The van der Waals surface area contributed by atoms with Crippen LogP contribution < -0.4 is 4.74 Å². The maximum absolute atomic E-state index is 5.42. The maximum atomic E-state index is 5.42. The number of nitrogens with zero attached hydrogens (tertiary/aromatic N) is 1. The third-order valence-electron chi connectivity index (χ3n) is 2.82. The minimum absolute atomic E-state index is 0.0738. The maximum Gasteiger partial charge on any atom is 0.126 e. The Balaban J connectivity index is 2.39. The molecule has 0 atom stereocenters. The summed E-state index contributed by atoms with van der Waals surface area (Å²) in [6, 6.07) is 16.0. The van der Waals surface area contributed by atoms with Crippen molar-refractivity contribution in [3.8, 4) is 16.9 Å². The van der Waals surface area contributed by atoms with E-state index in [1.165, 1.54) is 0 Å². The van der Waals surface area contributed by atoms with Gasteiger partial charge in [-0.2, -0.15) is 0 Å². The summed E-state index contributed by atoms with van der Waals surface area (Å²) in [4.78, 5) is 5.23. The Hall–Kier alpha value is -2.29. The van der Waals surface area contributed by atoms with Crippen LogP contribution in [-0.4, -0.2) is 19.4 Å². The van der Waals surface area contributed by atoms with E-state index in [0.29, 0.717) is 0 Å². The van der Waals surface area contributed by atoms with Gasteiger partial charge in [-0.15, -0.1) is 0 Å². The van der Waals surface area contributed by atoms with Crippen molar-refractivity contribution in [3.05, 3.63) is 54.1 Å². The number of rotatable bonds is 5. The van der Waals surface area contributed by atoms with E-state index in [2.05, 4.69) is 11.2 Å². The highest BCUT2D eigenvalue weighted by Gasteiger charge is 2.08. The molecule has 104 valence electrons. The smallest absolute Gasteiger partial charge is 0.126 e. The summed E-state index contributed by atoms with van der Waals surface area (Å²) in [7, 11) is 1.68. The summed E-state index contributed by atoms with van der Waals surface area (Å²) in [5.74, 6) is 0.845. The van der Waals surface area contributed by atoms with E-state index in [0.717, 1.165) is 22.4 Å². The van der Waals surface area contributed by atoms with Crippen LogP contribution in [0, 0.1) is 0 Å². The molecule has 2 aromatic rings. The quantitative estimate of drug-likeness (QED) is 0.604. The summed E-state index contributed by atoms with van der Waals surface area (Å²) in [5, 5.41) is 4.02. The van der Waals surface area contributed by atoms with E-state index in [1.54, 1.807) is 13.3 Å². The summed E-state index contributed by atoms with van der Waals surface area (Å²) in [5.41, 5.74) is 3.11. The zero-order valence-corrected chi connectivity index (χ0v) is 12.0. The van der Waals surface area contributed by atoms with E-state index in [4.69, 9.17) is 9.57 Å². The molecule has 0 N–H and O–H groups in total. The molecule has 0 aromatic heterocycles. The van der Waals surface area contributed by atoms with Crippen LogP contribution in [0.1, 0.15) is 19.4 Å². The number of methoxy groups -OCH3 is 1. The lowest BCUT2D eigenvalue weighted by atomic mass is 9.99. The molecule has 0 saturated carbocycles. The van der Waals surface area contributed by atoms with Crippen LogP contribution in [0.4, 0.5) is 0 Å². The third-order valence-corrected chi connectivity index (χ3v) is 2.82. The van der Waals surface area contributed by atoms with Gasteiger partial charge in [0.25, 0.3) is 0 Å². The van der Waals surface area contributed by atoms with Gasteiger partial charge in [-0.3, -0.25) is 0 Å². The van der Waals surface area contributed by atoms with Crippen LogP contribution in [0.5, 0.6) is 5.75 Å². The van der Waals surface area contributed by atoms with Gasteiger partial charge in [0.15, 0.2) is 0 Å². The van der Waals surface area contributed by atoms with E-state index < -0.39 is 0 Å². The van der Waals surface area contributed by atoms with E-state index >= 15 is 0 Å². The molecule has 0 unspecified atom stereocenters. The van der Waals surface area contributed by atoms with Crippen LogP contribution in [0.2, 0.25) is 0 Å². The van der Waals surface area contributed by atoms with Crippen molar-refractivity contribution in [3.63, 3.8) is 0 Å². The summed E-state index contributed by atoms with van der Waals surface area (Å²) >= 11 is 0. The van der Waals surface area contributed by atoms with Gasteiger partial charge in [-0.1, -0.05) is 47.6 Å². The molecule has 0 radical (unpaired) electrons. The van der Waals surface area contributed by atoms with Crippen LogP contribution in [0.15, 0.2) is 53.7 Å². The topological polar surface area (TPSA) is 30.8 Å². The molecular weight excluding hydrogens is 250 g/mol. The van der Waals surface area contributed by atoms with Crippen molar-refractivity contribution in [2.24, 2.45) is 5.16 Å². The average molecular weight is 269 g/mol. The van der Waals surface area contributed by atoms with Crippen molar-refractivity contribution < 1.29 is 9.57 Å².